The molecule has 0 heterocycles. The summed E-state index contributed by atoms with van der Waals surface area (Å²) in [5.74, 6) is -0.479. The Balaban J connectivity index is 3.42. The number of hydrogen-bond donors (Lipinski definition) is 3. The van der Waals surface area contributed by atoms with Gasteiger partial charge in [0, 0.05) is 12.1 Å². The van der Waals surface area contributed by atoms with Crippen LogP contribution in [0.15, 0.2) is 12.2 Å². The van der Waals surface area contributed by atoms with Gasteiger partial charge in [-0.25, -0.2) is 9.59 Å². The number of hydrogen-bond acceptors (Lipinski definition) is 4. The average molecular weight is 216 g/mol. The molecule has 3 N–H and O–H groups in total. The number of rotatable bonds is 6. The minimum atomic E-state index is -0.479. The average Bonchev–Trinajstić information content (AvgIpc) is 2.20. The van der Waals surface area contributed by atoms with Crippen LogP contribution in [-0.4, -0.2) is 43.4 Å². The number of carbonyl (C=O) groups is 2. The molecule has 0 aliphatic carbocycles. The molecule has 0 aromatic rings. The van der Waals surface area contributed by atoms with Crippen molar-refractivity contribution in [3.8, 4) is 0 Å². The van der Waals surface area contributed by atoms with Crippen molar-refractivity contribution in [3.63, 3.8) is 0 Å². The molecule has 0 aromatic carbocycles. The largest absolute Gasteiger partial charge is 0.460 e. The quantitative estimate of drug-likeness (QED) is 0.314. The van der Waals surface area contributed by atoms with Crippen LogP contribution < -0.4 is 10.6 Å². The molecule has 15 heavy (non-hydrogen) atoms. The number of amides is 2. The normalized spacial score (nSPS) is 9.20. The van der Waals surface area contributed by atoms with Crippen LogP contribution in [0.3, 0.4) is 0 Å². The fraction of sp³-hybridized carbons (Fsp3) is 0.556. The molecule has 0 unspecified atom stereocenters. The molecule has 0 fully saturated rings. The number of urea groups is 1. The third kappa shape index (κ3) is 7.51. The zero-order chi connectivity index (χ0) is 11.7. The molecule has 0 aromatic heterocycles. The van der Waals surface area contributed by atoms with Crippen molar-refractivity contribution in [2.24, 2.45) is 0 Å². The molecule has 0 saturated heterocycles. The molecule has 0 spiro atoms. The van der Waals surface area contributed by atoms with Crippen LogP contribution in [-0.2, 0) is 9.53 Å². The van der Waals surface area contributed by atoms with Crippen molar-refractivity contribution in [1.82, 2.24) is 10.6 Å². The third-order valence-electron chi connectivity index (χ3n) is 1.37. The van der Waals surface area contributed by atoms with Gasteiger partial charge in [-0.2, -0.15) is 0 Å². The SMILES string of the molecule is C=C(C)C(=O)OCCNC(=O)NCCO. The van der Waals surface area contributed by atoms with Crippen LogP contribution in [0.2, 0.25) is 0 Å². The first-order chi connectivity index (χ1) is 7.07. The molecular weight excluding hydrogens is 200 g/mol. The van der Waals surface area contributed by atoms with E-state index < -0.39 is 12.0 Å². The summed E-state index contributed by atoms with van der Waals surface area (Å²) in [6.45, 7) is 5.35. The molecule has 0 radical (unpaired) electrons. The topological polar surface area (TPSA) is 87.7 Å². The molecule has 6 heteroatoms. The minimum Gasteiger partial charge on any atom is -0.460 e. The number of carbonyl (C=O) groups excluding carboxylic acids is 2. The van der Waals surface area contributed by atoms with Gasteiger partial charge in [0.2, 0.25) is 0 Å². The van der Waals surface area contributed by atoms with Gasteiger partial charge in [-0.1, -0.05) is 6.58 Å². The van der Waals surface area contributed by atoms with Crippen molar-refractivity contribution < 1.29 is 19.4 Å². The van der Waals surface area contributed by atoms with Gasteiger partial charge in [-0.05, 0) is 6.92 Å². The van der Waals surface area contributed by atoms with Crippen LogP contribution in [0.5, 0.6) is 0 Å². The second kappa shape index (κ2) is 7.81. The summed E-state index contributed by atoms with van der Waals surface area (Å²) in [5.41, 5.74) is 0.319. The highest BCUT2D eigenvalue weighted by Gasteiger charge is 2.02. The van der Waals surface area contributed by atoms with Gasteiger partial charge < -0.3 is 20.5 Å². The Morgan fingerprint density at radius 3 is 2.47 bits per heavy atom. The number of nitrogens with one attached hydrogen (secondary N) is 2. The van der Waals surface area contributed by atoms with Crippen molar-refractivity contribution >= 4 is 12.0 Å². The molecule has 6 nitrogen and oxygen atoms in total. The lowest BCUT2D eigenvalue weighted by Crippen LogP contribution is -2.38. The van der Waals surface area contributed by atoms with Gasteiger partial charge in [-0.3, -0.25) is 0 Å². The van der Waals surface area contributed by atoms with Crippen LogP contribution in [0.25, 0.3) is 0 Å². The second-order valence-corrected chi connectivity index (χ2v) is 2.82. The van der Waals surface area contributed by atoms with Crippen molar-refractivity contribution in [1.29, 1.82) is 0 Å². The van der Waals surface area contributed by atoms with E-state index in [0.29, 0.717) is 5.57 Å². The summed E-state index contributed by atoms with van der Waals surface area (Å²) in [7, 11) is 0. The highest BCUT2D eigenvalue weighted by Crippen LogP contribution is 1.90. The highest BCUT2D eigenvalue weighted by molar-refractivity contribution is 5.86. The first kappa shape index (κ1) is 13.4. The van der Waals surface area contributed by atoms with Crippen LogP contribution in [0.4, 0.5) is 4.79 Å². The van der Waals surface area contributed by atoms with Gasteiger partial charge in [0.25, 0.3) is 0 Å². The number of esters is 1. The van der Waals surface area contributed by atoms with E-state index in [9.17, 15) is 9.59 Å². The summed E-state index contributed by atoms with van der Waals surface area (Å²) in [6.07, 6.45) is 0. The van der Waals surface area contributed by atoms with Crippen LogP contribution in [0, 0.1) is 0 Å². The van der Waals surface area contributed by atoms with Crippen LogP contribution >= 0.6 is 0 Å². The summed E-state index contributed by atoms with van der Waals surface area (Å²) in [6, 6.07) is -0.407. The Bertz CT molecular complexity index is 240. The fourth-order valence-electron chi connectivity index (χ4n) is 0.663. The zero-order valence-corrected chi connectivity index (χ0v) is 8.71. The summed E-state index contributed by atoms with van der Waals surface area (Å²) in [5, 5.41) is 13.2. The summed E-state index contributed by atoms with van der Waals surface area (Å²) >= 11 is 0. The molecule has 0 bridgehead atoms. The Labute approximate surface area is 88.3 Å². The lowest BCUT2D eigenvalue weighted by molar-refractivity contribution is -0.138. The lowest BCUT2D eigenvalue weighted by Gasteiger charge is -2.07. The standard InChI is InChI=1S/C9H16N2O4/c1-7(2)8(13)15-6-4-11-9(14)10-3-5-12/h12H,1,3-6H2,2H3,(H2,10,11,14). The Kier molecular flexibility index (Phi) is 7.00. The predicted octanol–water partition coefficient (Wildman–Crippen LogP) is -0.603. The molecular formula is C9H16N2O4. The predicted molar refractivity (Wildman–Crippen MR) is 54.3 cm³/mol. The highest BCUT2D eigenvalue weighted by atomic mass is 16.5. The summed E-state index contributed by atoms with van der Waals surface area (Å²) < 4.78 is 4.73. The van der Waals surface area contributed by atoms with E-state index in [1.165, 1.54) is 0 Å². The van der Waals surface area contributed by atoms with E-state index in [-0.39, 0.29) is 26.3 Å². The van der Waals surface area contributed by atoms with E-state index in [4.69, 9.17) is 9.84 Å². The van der Waals surface area contributed by atoms with E-state index in [2.05, 4.69) is 17.2 Å². The zero-order valence-electron chi connectivity index (χ0n) is 8.71. The van der Waals surface area contributed by atoms with Crippen LogP contribution in [0.1, 0.15) is 6.92 Å². The Morgan fingerprint density at radius 1 is 1.33 bits per heavy atom. The van der Waals surface area contributed by atoms with Crippen molar-refractivity contribution in [2.75, 3.05) is 26.3 Å². The molecule has 0 saturated carbocycles. The first-order valence-electron chi connectivity index (χ1n) is 4.53. The van der Waals surface area contributed by atoms with Gasteiger partial charge in [0.15, 0.2) is 0 Å². The van der Waals surface area contributed by atoms with E-state index >= 15 is 0 Å². The molecule has 0 aliphatic heterocycles. The molecule has 2 amide bonds. The minimum absolute atomic E-state index is 0.0955. The summed E-state index contributed by atoms with van der Waals surface area (Å²) in [4.78, 5) is 21.8. The molecule has 0 atom stereocenters. The first-order valence-corrected chi connectivity index (χ1v) is 4.53. The smallest absolute Gasteiger partial charge is 0.333 e. The third-order valence-corrected chi connectivity index (χ3v) is 1.37. The van der Waals surface area contributed by atoms with Gasteiger partial charge >= 0.3 is 12.0 Å². The maximum Gasteiger partial charge on any atom is 0.333 e. The lowest BCUT2D eigenvalue weighted by atomic mass is 10.4. The molecule has 86 valence electrons. The fourth-order valence-corrected chi connectivity index (χ4v) is 0.663. The van der Waals surface area contributed by atoms with E-state index in [1.54, 1.807) is 6.92 Å². The number of aliphatic hydroxyl groups is 1. The van der Waals surface area contributed by atoms with Gasteiger partial charge in [-0.15, -0.1) is 0 Å². The van der Waals surface area contributed by atoms with Gasteiger partial charge in [0.1, 0.15) is 6.61 Å². The maximum absolute atomic E-state index is 10.9. The maximum atomic E-state index is 10.9. The van der Waals surface area contributed by atoms with E-state index in [0.717, 1.165) is 0 Å². The van der Waals surface area contributed by atoms with Gasteiger partial charge in [0.05, 0.1) is 13.2 Å². The number of ether oxygens (including phenoxy) is 1. The molecule has 0 rings (SSSR count). The monoisotopic (exact) mass is 216 g/mol. The van der Waals surface area contributed by atoms with Crippen molar-refractivity contribution in [3.05, 3.63) is 12.2 Å². The van der Waals surface area contributed by atoms with E-state index in [1.807, 2.05) is 0 Å². The number of aliphatic hydroxyl groups excluding tert-OH is 1. The molecule has 0 aliphatic rings. The second-order valence-electron chi connectivity index (χ2n) is 2.82. The van der Waals surface area contributed by atoms with Crippen molar-refractivity contribution in [2.45, 2.75) is 6.92 Å². The Hall–Kier alpha value is -1.56. The Morgan fingerprint density at radius 2 is 1.93 bits per heavy atom.